The van der Waals surface area contributed by atoms with Crippen molar-refractivity contribution in [1.29, 1.82) is 0 Å². The Hall–Kier alpha value is -1.29. The number of esters is 1. The SMILES string of the molecule is CCOC(=O)[C@@]1(SCc2ccccc2)CCCC1=O. The first-order valence-electron chi connectivity index (χ1n) is 6.57. The molecule has 1 aromatic rings. The maximum absolute atomic E-state index is 12.1. The van der Waals surface area contributed by atoms with Crippen molar-refractivity contribution in [1.82, 2.24) is 0 Å². The summed E-state index contributed by atoms with van der Waals surface area (Å²) in [4.78, 5) is 24.2. The lowest BCUT2D eigenvalue weighted by Crippen LogP contribution is -2.41. The molecule has 1 fully saturated rings. The Kier molecular flexibility index (Phi) is 4.64. The van der Waals surface area contributed by atoms with Gasteiger partial charge in [-0.05, 0) is 25.3 Å². The van der Waals surface area contributed by atoms with Crippen molar-refractivity contribution in [2.45, 2.75) is 36.7 Å². The van der Waals surface area contributed by atoms with E-state index < -0.39 is 4.75 Å². The second-order valence-electron chi connectivity index (χ2n) is 4.60. The molecule has 0 aromatic heterocycles. The third-order valence-electron chi connectivity index (χ3n) is 3.32. The quantitative estimate of drug-likeness (QED) is 0.613. The van der Waals surface area contributed by atoms with Gasteiger partial charge in [0.25, 0.3) is 0 Å². The number of hydrogen-bond acceptors (Lipinski definition) is 4. The normalized spacial score (nSPS) is 22.5. The van der Waals surface area contributed by atoms with Gasteiger partial charge in [0.15, 0.2) is 10.5 Å². The average Bonchev–Trinajstić information content (AvgIpc) is 2.80. The van der Waals surface area contributed by atoms with E-state index in [0.29, 0.717) is 25.2 Å². The fraction of sp³-hybridized carbons (Fsp3) is 0.467. The third-order valence-corrected chi connectivity index (χ3v) is 4.89. The van der Waals surface area contributed by atoms with Crippen LogP contribution in [-0.4, -0.2) is 23.1 Å². The second kappa shape index (κ2) is 6.24. The van der Waals surface area contributed by atoms with Crippen LogP contribution in [0.3, 0.4) is 0 Å². The van der Waals surface area contributed by atoms with Crippen molar-refractivity contribution in [2.24, 2.45) is 0 Å². The summed E-state index contributed by atoms with van der Waals surface area (Å²) in [6.07, 6.45) is 1.86. The largest absolute Gasteiger partial charge is 0.465 e. The summed E-state index contributed by atoms with van der Waals surface area (Å²) in [6, 6.07) is 9.89. The lowest BCUT2D eigenvalue weighted by atomic mass is 10.1. The van der Waals surface area contributed by atoms with Crippen LogP contribution < -0.4 is 0 Å². The molecule has 0 unspecified atom stereocenters. The zero-order chi connectivity index (χ0) is 13.7. The van der Waals surface area contributed by atoms with Gasteiger partial charge >= 0.3 is 5.97 Å². The van der Waals surface area contributed by atoms with Gasteiger partial charge in [-0.2, -0.15) is 0 Å². The van der Waals surface area contributed by atoms with Crippen LogP contribution in [0.15, 0.2) is 30.3 Å². The van der Waals surface area contributed by atoms with Gasteiger partial charge in [-0.3, -0.25) is 9.59 Å². The molecule has 0 amide bonds. The van der Waals surface area contributed by atoms with Crippen LogP contribution in [0.4, 0.5) is 0 Å². The van der Waals surface area contributed by atoms with Gasteiger partial charge in [0.2, 0.25) is 0 Å². The fourth-order valence-corrected chi connectivity index (χ4v) is 3.63. The summed E-state index contributed by atoms with van der Waals surface area (Å²) in [5.74, 6) is 0.316. The standard InChI is InChI=1S/C15H18O3S/c1-2-18-14(17)15(10-6-9-13(15)16)19-11-12-7-4-3-5-8-12/h3-5,7-8H,2,6,9-11H2,1H3/t15-/m1/s1. The summed E-state index contributed by atoms with van der Waals surface area (Å²) in [5.41, 5.74) is 1.12. The molecule has 102 valence electrons. The van der Waals surface area contributed by atoms with Crippen LogP contribution in [0.2, 0.25) is 0 Å². The zero-order valence-electron chi connectivity index (χ0n) is 11.1. The number of rotatable bonds is 5. The molecular formula is C15H18O3S. The number of ether oxygens (including phenoxy) is 1. The molecule has 1 aliphatic rings. The molecule has 0 radical (unpaired) electrons. The number of benzene rings is 1. The molecule has 2 rings (SSSR count). The van der Waals surface area contributed by atoms with Crippen molar-refractivity contribution in [3.8, 4) is 0 Å². The van der Waals surface area contributed by atoms with E-state index in [9.17, 15) is 9.59 Å². The van der Waals surface area contributed by atoms with E-state index in [1.165, 1.54) is 11.8 Å². The molecule has 1 saturated carbocycles. The lowest BCUT2D eigenvalue weighted by molar-refractivity contribution is -0.148. The van der Waals surface area contributed by atoms with Crippen LogP contribution in [0.1, 0.15) is 31.7 Å². The molecule has 0 aliphatic heterocycles. The van der Waals surface area contributed by atoms with Crippen molar-refractivity contribution in [3.63, 3.8) is 0 Å². The maximum atomic E-state index is 12.1. The molecule has 0 saturated heterocycles. The number of hydrogen-bond donors (Lipinski definition) is 0. The van der Waals surface area contributed by atoms with Gasteiger partial charge in [0, 0.05) is 12.2 Å². The van der Waals surface area contributed by atoms with Crippen LogP contribution in [0.25, 0.3) is 0 Å². The highest BCUT2D eigenvalue weighted by molar-refractivity contribution is 8.01. The molecule has 0 heterocycles. The van der Waals surface area contributed by atoms with Crippen molar-refractivity contribution in [3.05, 3.63) is 35.9 Å². The number of thioether (sulfide) groups is 1. The Bertz CT molecular complexity index is 458. The highest BCUT2D eigenvalue weighted by Gasteiger charge is 2.50. The minimum absolute atomic E-state index is 0.0203. The molecule has 1 atom stereocenters. The lowest BCUT2D eigenvalue weighted by Gasteiger charge is -2.24. The monoisotopic (exact) mass is 278 g/mol. The predicted octanol–water partition coefficient (Wildman–Crippen LogP) is 2.97. The van der Waals surface area contributed by atoms with E-state index in [1.807, 2.05) is 30.3 Å². The van der Waals surface area contributed by atoms with E-state index in [4.69, 9.17) is 4.74 Å². The van der Waals surface area contributed by atoms with E-state index in [0.717, 1.165) is 12.0 Å². The maximum Gasteiger partial charge on any atom is 0.329 e. The topological polar surface area (TPSA) is 43.4 Å². The Morgan fingerprint density at radius 2 is 2.11 bits per heavy atom. The Labute approximate surface area is 117 Å². The van der Waals surface area contributed by atoms with Gasteiger partial charge in [-0.15, -0.1) is 11.8 Å². The van der Waals surface area contributed by atoms with Crippen LogP contribution in [-0.2, 0) is 20.1 Å². The average molecular weight is 278 g/mol. The number of carbonyl (C=O) groups excluding carboxylic acids is 2. The fourth-order valence-electron chi connectivity index (χ4n) is 2.30. The van der Waals surface area contributed by atoms with Crippen molar-refractivity contribution >= 4 is 23.5 Å². The first-order valence-corrected chi connectivity index (χ1v) is 7.56. The number of carbonyl (C=O) groups is 2. The Morgan fingerprint density at radius 3 is 2.68 bits per heavy atom. The van der Waals surface area contributed by atoms with Crippen LogP contribution >= 0.6 is 11.8 Å². The summed E-state index contributed by atoms with van der Waals surface area (Å²) in [6.45, 7) is 2.09. The molecule has 3 nitrogen and oxygen atoms in total. The summed E-state index contributed by atoms with van der Waals surface area (Å²) in [7, 11) is 0. The molecular weight excluding hydrogens is 260 g/mol. The van der Waals surface area contributed by atoms with Crippen LogP contribution in [0.5, 0.6) is 0 Å². The zero-order valence-corrected chi connectivity index (χ0v) is 11.9. The molecule has 0 spiro atoms. The summed E-state index contributed by atoms with van der Waals surface area (Å²) < 4.78 is 4.14. The third kappa shape index (κ3) is 3.00. The van der Waals surface area contributed by atoms with E-state index in [-0.39, 0.29) is 11.8 Å². The highest BCUT2D eigenvalue weighted by Crippen LogP contribution is 2.41. The smallest absolute Gasteiger partial charge is 0.329 e. The highest BCUT2D eigenvalue weighted by atomic mass is 32.2. The number of Topliss-reactive ketones (excluding diaryl/α,β-unsaturated/α-hetero) is 1. The van der Waals surface area contributed by atoms with Gasteiger partial charge in [-0.25, -0.2) is 0 Å². The number of ketones is 1. The van der Waals surface area contributed by atoms with Crippen molar-refractivity contribution in [2.75, 3.05) is 6.61 Å². The minimum atomic E-state index is -0.966. The molecule has 4 heteroatoms. The van der Waals surface area contributed by atoms with Gasteiger partial charge in [-0.1, -0.05) is 30.3 Å². The van der Waals surface area contributed by atoms with Gasteiger partial charge < -0.3 is 4.74 Å². The second-order valence-corrected chi connectivity index (χ2v) is 5.87. The van der Waals surface area contributed by atoms with E-state index in [2.05, 4.69) is 0 Å². The molecule has 0 N–H and O–H groups in total. The Balaban J connectivity index is 2.11. The summed E-state index contributed by atoms with van der Waals surface area (Å²) >= 11 is 1.42. The van der Waals surface area contributed by atoms with Crippen molar-refractivity contribution < 1.29 is 14.3 Å². The van der Waals surface area contributed by atoms with Gasteiger partial charge in [0.1, 0.15) is 0 Å². The van der Waals surface area contributed by atoms with Gasteiger partial charge in [0.05, 0.1) is 6.61 Å². The first kappa shape index (κ1) is 14.1. The molecule has 1 aromatic carbocycles. The van der Waals surface area contributed by atoms with E-state index in [1.54, 1.807) is 6.92 Å². The van der Waals surface area contributed by atoms with E-state index >= 15 is 0 Å². The minimum Gasteiger partial charge on any atom is -0.465 e. The Morgan fingerprint density at radius 1 is 1.37 bits per heavy atom. The molecule has 1 aliphatic carbocycles. The van der Waals surface area contributed by atoms with Crippen LogP contribution in [0, 0.1) is 0 Å². The predicted molar refractivity (Wildman–Crippen MR) is 76.0 cm³/mol. The molecule has 19 heavy (non-hydrogen) atoms. The summed E-state index contributed by atoms with van der Waals surface area (Å²) in [5, 5.41) is 0. The molecule has 0 bridgehead atoms. The first-order chi connectivity index (χ1) is 9.19.